The van der Waals surface area contributed by atoms with Gasteiger partial charge in [0.25, 0.3) is 0 Å². The maximum atomic E-state index is 3.58. The predicted molar refractivity (Wildman–Crippen MR) is 85.0 cm³/mol. The number of hydrogen-bond donors (Lipinski definition) is 1. The van der Waals surface area contributed by atoms with Crippen molar-refractivity contribution in [3.05, 3.63) is 22.4 Å². The van der Waals surface area contributed by atoms with Gasteiger partial charge in [0.05, 0.1) is 0 Å². The van der Waals surface area contributed by atoms with E-state index in [4.69, 9.17) is 0 Å². The first kappa shape index (κ1) is 15.0. The van der Waals surface area contributed by atoms with Gasteiger partial charge in [-0.1, -0.05) is 12.5 Å². The second kappa shape index (κ2) is 9.51. The van der Waals surface area contributed by atoms with Gasteiger partial charge in [-0.2, -0.15) is 0 Å². The van der Waals surface area contributed by atoms with E-state index in [1.165, 1.54) is 82.5 Å². The molecular formula is C16H28N2S. The van der Waals surface area contributed by atoms with Crippen LogP contribution in [0.3, 0.4) is 0 Å². The van der Waals surface area contributed by atoms with Crippen LogP contribution in [0.25, 0.3) is 0 Å². The van der Waals surface area contributed by atoms with Gasteiger partial charge in [-0.15, -0.1) is 11.3 Å². The SMILES string of the molecule is c1csc(CCCCNCCCN2CCCCC2)c1. The van der Waals surface area contributed by atoms with E-state index in [-0.39, 0.29) is 0 Å². The lowest BCUT2D eigenvalue weighted by Gasteiger charge is -2.26. The lowest BCUT2D eigenvalue weighted by molar-refractivity contribution is 0.226. The molecule has 0 unspecified atom stereocenters. The zero-order valence-electron chi connectivity index (χ0n) is 12.1. The number of unbranched alkanes of at least 4 members (excludes halogenated alkanes) is 1. The molecule has 2 nitrogen and oxygen atoms in total. The number of rotatable bonds is 9. The molecule has 0 radical (unpaired) electrons. The van der Waals surface area contributed by atoms with Crippen molar-refractivity contribution in [2.24, 2.45) is 0 Å². The lowest BCUT2D eigenvalue weighted by atomic mass is 10.1. The van der Waals surface area contributed by atoms with Gasteiger partial charge in [0.15, 0.2) is 0 Å². The number of nitrogens with one attached hydrogen (secondary N) is 1. The van der Waals surface area contributed by atoms with Crippen LogP contribution in [0, 0.1) is 0 Å². The quantitative estimate of drug-likeness (QED) is 0.696. The summed E-state index contributed by atoms with van der Waals surface area (Å²) in [6.45, 7) is 6.34. The average Bonchev–Trinajstić information content (AvgIpc) is 2.96. The minimum absolute atomic E-state index is 1.19. The Balaban J connectivity index is 1.36. The van der Waals surface area contributed by atoms with Crippen LogP contribution in [0.2, 0.25) is 0 Å². The summed E-state index contributed by atoms with van der Waals surface area (Å²) < 4.78 is 0. The van der Waals surface area contributed by atoms with E-state index >= 15 is 0 Å². The number of piperidine rings is 1. The van der Waals surface area contributed by atoms with E-state index in [1.54, 1.807) is 0 Å². The fourth-order valence-corrected chi connectivity index (χ4v) is 3.49. The van der Waals surface area contributed by atoms with Crippen molar-refractivity contribution in [2.45, 2.75) is 44.9 Å². The highest BCUT2D eigenvalue weighted by Crippen LogP contribution is 2.11. The standard InChI is InChI=1S/C16H28N2S/c1-4-12-18(13-5-1)14-7-11-17-10-3-2-8-16-9-6-15-19-16/h6,9,15,17H,1-5,7-8,10-14H2. The zero-order valence-corrected chi connectivity index (χ0v) is 12.9. The Kier molecular flexibility index (Phi) is 7.52. The van der Waals surface area contributed by atoms with E-state index in [2.05, 4.69) is 27.7 Å². The summed E-state index contributed by atoms with van der Waals surface area (Å²) in [5, 5.41) is 5.76. The monoisotopic (exact) mass is 280 g/mol. The van der Waals surface area contributed by atoms with Crippen LogP contribution in [-0.2, 0) is 6.42 Å². The van der Waals surface area contributed by atoms with Gasteiger partial charge in [-0.3, -0.25) is 0 Å². The minimum atomic E-state index is 1.19. The van der Waals surface area contributed by atoms with Gasteiger partial charge in [-0.25, -0.2) is 0 Å². The molecule has 19 heavy (non-hydrogen) atoms. The van der Waals surface area contributed by atoms with Gasteiger partial charge in [-0.05, 0) is 82.7 Å². The molecule has 1 aromatic heterocycles. The van der Waals surface area contributed by atoms with Crippen LogP contribution in [0.5, 0.6) is 0 Å². The third-order valence-corrected chi connectivity index (χ3v) is 4.82. The second-order valence-corrected chi connectivity index (χ2v) is 6.57. The predicted octanol–water partition coefficient (Wildman–Crippen LogP) is 3.54. The van der Waals surface area contributed by atoms with Gasteiger partial charge >= 0.3 is 0 Å². The van der Waals surface area contributed by atoms with Gasteiger partial charge in [0.1, 0.15) is 0 Å². The van der Waals surface area contributed by atoms with Crippen molar-refractivity contribution >= 4 is 11.3 Å². The molecule has 1 aliphatic rings. The van der Waals surface area contributed by atoms with Crippen molar-refractivity contribution in [1.82, 2.24) is 10.2 Å². The molecule has 1 N–H and O–H groups in total. The maximum absolute atomic E-state index is 3.58. The number of nitrogens with zero attached hydrogens (tertiary/aromatic N) is 1. The van der Waals surface area contributed by atoms with Crippen LogP contribution in [0.1, 0.15) is 43.4 Å². The molecule has 0 aliphatic carbocycles. The first-order valence-corrected chi connectivity index (χ1v) is 8.78. The summed E-state index contributed by atoms with van der Waals surface area (Å²) in [7, 11) is 0. The van der Waals surface area contributed by atoms with E-state index in [1.807, 2.05) is 11.3 Å². The average molecular weight is 280 g/mol. The summed E-state index contributed by atoms with van der Waals surface area (Å²) in [6, 6.07) is 4.40. The molecule has 0 amide bonds. The smallest absolute Gasteiger partial charge is 0.00452 e. The van der Waals surface area contributed by atoms with Crippen molar-refractivity contribution in [2.75, 3.05) is 32.7 Å². The molecule has 0 saturated carbocycles. The Morgan fingerprint density at radius 2 is 1.89 bits per heavy atom. The molecule has 1 aliphatic heterocycles. The highest BCUT2D eigenvalue weighted by atomic mass is 32.1. The first-order valence-electron chi connectivity index (χ1n) is 7.90. The fraction of sp³-hybridized carbons (Fsp3) is 0.750. The van der Waals surface area contributed by atoms with Crippen LogP contribution in [-0.4, -0.2) is 37.6 Å². The van der Waals surface area contributed by atoms with E-state index in [9.17, 15) is 0 Å². The Bertz CT molecular complexity index is 305. The Morgan fingerprint density at radius 1 is 1.05 bits per heavy atom. The van der Waals surface area contributed by atoms with E-state index in [0.717, 1.165) is 0 Å². The molecule has 108 valence electrons. The van der Waals surface area contributed by atoms with Crippen molar-refractivity contribution < 1.29 is 0 Å². The first-order chi connectivity index (χ1) is 9.45. The largest absolute Gasteiger partial charge is 0.317 e. The summed E-state index contributed by atoms with van der Waals surface area (Å²) in [4.78, 5) is 4.16. The number of thiophene rings is 1. The summed E-state index contributed by atoms with van der Waals surface area (Å²) >= 11 is 1.88. The summed E-state index contributed by atoms with van der Waals surface area (Å²) in [5.74, 6) is 0. The van der Waals surface area contributed by atoms with Crippen molar-refractivity contribution in [3.8, 4) is 0 Å². The van der Waals surface area contributed by atoms with Crippen LogP contribution < -0.4 is 5.32 Å². The summed E-state index contributed by atoms with van der Waals surface area (Å²) in [5.41, 5.74) is 0. The van der Waals surface area contributed by atoms with Crippen molar-refractivity contribution in [3.63, 3.8) is 0 Å². The minimum Gasteiger partial charge on any atom is -0.317 e. The molecule has 0 spiro atoms. The number of hydrogen-bond acceptors (Lipinski definition) is 3. The van der Waals surface area contributed by atoms with Crippen LogP contribution in [0.4, 0.5) is 0 Å². The Labute approximate surface area is 122 Å². The number of aryl methyl sites for hydroxylation is 1. The van der Waals surface area contributed by atoms with Crippen LogP contribution in [0.15, 0.2) is 17.5 Å². The highest BCUT2D eigenvalue weighted by Gasteiger charge is 2.08. The lowest BCUT2D eigenvalue weighted by Crippen LogP contribution is -2.32. The molecule has 1 aromatic rings. The normalized spacial score (nSPS) is 16.8. The number of likely N-dealkylation sites (tertiary alicyclic amines) is 1. The Morgan fingerprint density at radius 3 is 2.68 bits per heavy atom. The molecule has 0 atom stereocenters. The van der Waals surface area contributed by atoms with Crippen LogP contribution >= 0.6 is 11.3 Å². The molecule has 1 saturated heterocycles. The Hall–Kier alpha value is -0.380. The fourth-order valence-electron chi connectivity index (χ4n) is 2.74. The van der Waals surface area contributed by atoms with Gasteiger partial charge in [0.2, 0.25) is 0 Å². The molecule has 0 aromatic carbocycles. The topological polar surface area (TPSA) is 15.3 Å². The van der Waals surface area contributed by atoms with Crippen molar-refractivity contribution in [1.29, 1.82) is 0 Å². The van der Waals surface area contributed by atoms with E-state index < -0.39 is 0 Å². The highest BCUT2D eigenvalue weighted by molar-refractivity contribution is 7.09. The van der Waals surface area contributed by atoms with Gasteiger partial charge < -0.3 is 10.2 Å². The molecule has 1 fully saturated rings. The summed E-state index contributed by atoms with van der Waals surface area (Å²) in [6.07, 6.45) is 9.46. The molecule has 2 heterocycles. The third kappa shape index (κ3) is 6.55. The maximum Gasteiger partial charge on any atom is 0.00452 e. The second-order valence-electron chi connectivity index (χ2n) is 5.54. The molecule has 3 heteroatoms. The zero-order chi connectivity index (χ0) is 13.2. The van der Waals surface area contributed by atoms with Gasteiger partial charge in [0, 0.05) is 4.88 Å². The molecule has 0 bridgehead atoms. The molecule has 2 rings (SSSR count). The van der Waals surface area contributed by atoms with E-state index in [0.29, 0.717) is 0 Å². The third-order valence-electron chi connectivity index (χ3n) is 3.88. The molecular weight excluding hydrogens is 252 g/mol.